The molecule has 0 atom stereocenters. The van der Waals surface area contributed by atoms with Crippen LogP contribution in [0.15, 0.2) is 34.2 Å². The predicted molar refractivity (Wildman–Crippen MR) is 177 cm³/mol. The van der Waals surface area contributed by atoms with E-state index in [-0.39, 0.29) is 38.5 Å². The summed E-state index contributed by atoms with van der Waals surface area (Å²) in [6, 6.07) is 0. The number of hydrogen-bond donors (Lipinski definition) is 0. The van der Waals surface area contributed by atoms with Crippen LogP contribution in [-0.2, 0) is 16.2 Å². The van der Waals surface area contributed by atoms with Crippen LogP contribution in [0.25, 0.3) is 0 Å². The Morgan fingerprint density at radius 1 is 0.611 bits per heavy atom. The highest BCUT2D eigenvalue weighted by atomic mass is 32.1. The lowest BCUT2D eigenvalue weighted by Gasteiger charge is -2.13. The summed E-state index contributed by atoms with van der Waals surface area (Å²) in [7, 11) is 0. The van der Waals surface area contributed by atoms with Crippen LogP contribution >= 0.6 is 34.0 Å². The average Bonchev–Trinajstić information content (AvgIpc) is 3.55. The average molecular weight is 562 g/mol. The summed E-state index contributed by atoms with van der Waals surface area (Å²) in [5, 5.41) is 5.32. The van der Waals surface area contributed by atoms with Gasteiger partial charge in [-0.25, -0.2) is 9.97 Å². The van der Waals surface area contributed by atoms with E-state index in [0.717, 1.165) is 0 Å². The Morgan fingerprint density at radius 3 is 1.28 bits per heavy atom. The summed E-state index contributed by atoms with van der Waals surface area (Å²) in [5.41, 5.74) is 5.67. The molecule has 0 spiro atoms. The second-order valence-electron chi connectivity index (χ2n) is 9.33. The number of aromatic nitrogens is 3. The van der Waals surface area contributed by atoms with E-state index in [9.17, 15) is 0 Å². The van der Waals surface area contributed by atoms with E-state index in [4.69, 9.17) is 0 Å². The molecule has 216 valence electrons. The Morgan fingerprint density at radius 2 is 1.11 bits per heavy atom. The maximum Gasteiger partial charge on any atom is 0.0978 e. The summed E-state index contributed by atoms with van der Waals surface area (Å²) in [6.45, 7) is 31.6. The zero-order chi connectivity index (χ0) is 26.7. The minimum Gasteiger partial charge on any atom is -0.253 e. The van der Waals surface area contributed by atoms with Crippen LogP contribution in [-0.4, -0.2) is 15.0 Å². The van der Waals surface area contributed by atoms with Crippen molar-refractivity contribution < 1.29 is 0 Å². The molecule has 3 aromatic heterocycles. The van der Waals surface area contributed by atoms with E-state index >= 15 is 0 Å². The van der Waals surface area contributed by atoms with E-state index in [1.807, 2.05) is 70.3 Å². The topological polar surface area (TPSA) is 38.7 Å². The monoisotopic (exact) mass is 561 g/mol. The van der Waals surface area contributed by atoms with Crippen molar-refractivity contribution in [3.8, 4) is 0 Å². The van der Waals surface area contributed by atoms with Gasteiger partial charge in [0.25, 0.3) is 0 Å². The second-order valence-corrected chi connectivity index (χ2v) is 11.8. The van der Waals surface area contributed by atoms with Crippen molar-refractivity contribution in [3.63, 3.8) is 0 Å². The first-order chi connectivity index (χ1) is 15.3. The Balaban J connectivity index is -0.0000000816. The van der Waals surface area contributed by atoms with E-state index in [1.165, 1.54) is 15.6 Å². The van der Waals surface area contributed by atoms with Gasteiger partial charge < -0.3 is 0 Å². The molecule has 0 radical (unpaired) electrons. The minimum atomic E-state index is 0. The van der Waals surface area contributed by atoms with Gasteiger partial charge in [-0.15, -0.1) is 34.0 Å². The first kappa shape index (κ1) is 48.0. The van der Waals surface area contributed by atoms with Gasteiger partial charge in [-0.3, -0.25) is 4.98 Å². The van der Waals surface area contributed by atoms with Crippen LogP contribution in [0.3, 0.4) is 0 Å². The zero-order valence-electron chi connectivity index (χ0n) is 24.0. The van der Waals surface area contributed by atoms with Gasteiger partial charge in [-0.1, -0.05) is 126 Å². The van der Waals surface area contributed by atoms with Gasteiger partial charge >= 0.3 is 0 Å². The highest BCUT2D eigenvalue weighted by molar-refractivity contribution is 7.10. The smallest absolute Gasteiger partial charge is 0.0978 e. The van der Waals surface area contributed by atoms with Crippen LogP contribution in [0.5, 0.6) is 0 Å². The number of rotatable bonds is 0. The van der Waals surface area contributed by atoms with Crippen LogP contribution in [0, 0.1) is 0 Å². The van der Waals surface area contributed by atoms with E-state index < -0.39 is 0 Å². The highest BCUT2D eigenvalue weighted by Gasteiger charge is 2.16. The van der Waals surface area contributed by atoms with Crippen molar-refractivity contribution >= 4 is 34.0 Å². The molecule has 0 saturated heterocycles. The van der Waals surface area contributed by atoms with Gasteiger partial charge in [-0.05, 0) is 5.41 Å². The minimum absolute atomic E-state index is 0. The Bertz CT molecular complexity index is 622. The lowest BCUT2D eigenvalue weighted by atomic mass is 9.93. The van der Waals surface area contributed by atoms with Crippen molar-refractivity contribution in [1.82, 2.24) is 15.0 Å². The molecular formula is C30H63N3S3. The quantitative estimate of drug-likeness (QED) is 0.274. The normalized spacial score (nSPS) is 9.42. The molecule has 0 aliphatic heterocycles. The molecule has 3 rings (SSSR count). The van der Waals surface area contributed by atoms with Crippen LogP contribution in [0.1, 0.15) is 142 Å². The molecule has 0 bridgehead atoms. The van der Waals surface area contributed by atoms with E-state index in [2.05, 4.69) is 82.6 Å². The van der Waals surface area contributed by atoms with Gasteiger partial charge in [0.2, 0.25) is 0 Å². The number of hydrogen-bond acceptors (Lipinski definition) is 6. The van der Waals surface area contributed by atoms with Crippen molar-refractivity contribution in [3.05, 3.63) is 49.8 Å². The van der Waals surface area contributed by atoms with Crippen molar-refractivity contribution in [1.29, 1.82) is 0 Å². The molecule has 6 heteroatoms. The SMILES string of the molecule is C.C.C.CC.CC.CC.CC(C)(C)c1cncs1.CC(C)(C)c1cscn1.CC(C)(C)c1nccs1. The molecule has 0 aromatic carbocycles. The fourth-order valence-electron chi connectivity index (χ4n) is 1.76. The van der Waals surface area contributed by atoms with Gasteiger partial charge in [0.05, 0.1) is 21.7 Å². The summed E-state index contributed by atoms with van der Waals surface area (Å²) in [5.74, 6) is 0. The third kappa shape index (κ3) is 23.3. The van der Waals surface area contributed by atoms with E-state index in [0.29, 0.717) is 0 Å². The third-order valence-electron chi connectivity index (χ3n) is 3.45. The second kappa shape index (κ2) is 25.5. The summed E-state index contributed by atoms with van der Waals surface area (Å²) in [4.78, 5) is 13.8. The fourth-order valence-corrected chi connectivity index (χ4v) is 3.98. The molecule has 3 aromatic rings. The fraction of sp³-hybridized carbons (Fsp3) is 0.700. The van der Waals surface area contributed by atoms with Gasteiger partial charge in [0, 0.05) is 38.9 Å². The van der Waals surface area contributed by atoms with Crippen LogP contribution in [0.2, 0.25) is 0 Å². The van der Waals surface area contributed by atoms with Crippen molar-refractivity contribution in [2.24, 2.45) is 0 Å². The molecule has 0 aliphatic rings. The maximum absolute atomic E-state index is 4.21. The Labute approximate surface area is 240 Å². The van der Waals surface area contributed by atoms with Crippen LogP contribution < -0.4 is 0 Å². The summed E-state index contributed by atoms with van der Waals surface area (Å²) < 4.78 is 0. The standard InChI is InChI=1S/3C7H11NS.3C2H6.3CH4/c1-7(2,3)6-4-9-5-8-6;1-7(2,3)6-4-8-5-9-6;1-7(2,3)6-8-4-5-9-6;3*1-2;;;/h3*4-5H,1-3H3;3*1-2H3;3*1H4. The third-order valence-corrected chi connectivity index (χ3v) is 6.43. The molecule has 0 N–H and O–H groups in total. The number of nitrogens with zero attached hydrogens (tertiary/aromatic N) is 3. The molecule has 0 saturated carbocycles. The molecule has 0 unspecified atom stereocenters. The first-order valence-electron chi connectivity index (χ1n) is 12.0. The van der Waals surface area contributed by atoms with Crippen molar-refractivity contribution in [2.45, 2.75) is 142 Å². The van der Waals surface area contributed by atoms with Crippen LogP contribution in [0.4, 0.5) is 0 Å². The molecule has 0 fully saturated rings. The molecule has 3 nitrogen and oxygen atoms in total. The van der Waals surface area contributed by atoms with Gasteiger partial charge in [0.15, 0.2) is 0 Å². The first-order valence-corrected chi connectivity index (χ1v) is 14.7. The summed E-state index contributed by atoms with van der Waals surface area (Å²) in [6.07, 6.45) is 3.79. The Kier molecular flexibility index (Phi) is 34.1. The van der Waals surface area contributed by atoms with Gasteiger partial charge in [0.1, 0.15) is 0 Å². The Hall–Kier alpha value is -1.11. The van der Waals surface area contributed by atoms with Gasteiger partial charge in [-0.2, -0.15) is 0 Å². The lowest BCUT2D eigenvalue weighted by molar-refractivity contribution is 0.573. The molecule has 0 aliphatic carbocycles. The maximum atomic E-state index is 4.21. The summed E-state index contributed by atoms with van der Waals surface area (Å²) >= 11 is 5.09. The molecular weight excluding hydrogens is 499 g/mol. The van der Waals surface area contributed by atoms with Crippen molar-refractivity contribution in [2.75, 3.05) is 0 Å². The molecule has 36 heavy (non-hydrogen) atoms. The lowest BCUT2D eigenvalue weighted by Crippen LogP contribution is -2.10. The largest absolute Gasteiger partial charge is 0.253 e. The number of thiazole rings is 3. The zero-order valence-corrected chi connectivity index (χ0v) is 26.5. The predicted octanol–water partition coefficient (Wildman–Crippen LogP) is 12.3. The highest BCUT2D eigenvalue weighted by Crippen LogP contribution is 2.25. The molecule has 0 amide bonds. The van der Waals surface area contributed by atoms with E-state index in [1.54, 1.807) is 34.0 Å². The molecule has 3 heterocycles.